The van der Waals surface area contributed by atoms with Gasteiger partial charge in [0.1, 0.15) is 5.75 Å². The number of aliphatic carboxylic acids is 1. The van der Waals surface area contributed by atoms with Crippen molar-refractivity contribution in [3.63, 3.8) is 0 Å². The van der Waals surface area contributed by atoms with E-state index in [-0.39, 0.29) is 24.1 Å². The van der Waals surface area contributed by atoms with Crippen LogP contribution in [0.2, 0.25) is 0 Å². The Balaban J connectivity index is 1.89. The monoisotopic (exact) mass is 341 g/mol. The van der Waals surface area contributed by atoms with E-state index in [1.807, 2.05) is 0 Å². The Morgan fingerprint density at radius 2 is 2.00 bits per heavy atom. The number of alkyl halides is 2. The molecule has 2 rings (SSSR count). The molecule has 1 heterocycles. The van der Waals surface area contributed by atoms with Crippen LogP contribution < -0.4 is 4.74 Å². The molecule has 0 bridgehead atoms. The van der Waals surface area contributed by atoms with Crippen molar-refractivity contribution in [2.45, 2.75) is 45.3 Å². The molecule has 0 saturated carbocycles. The van der Waals surface area contributed by atoms with E-state index in [1.165, 1.54) is 12.1 Å². The Kier molecular flexibility index (Phi) is 6.11. The molecule has 1 aliphatic heterocycles. The molecule has 0 radical (unpaired) electrons. The molecule has 1 saturated heterocycles. The number of carboxylic acid groups (broad SMARTS) is 1. The van der Waals surface area contributed by atoms with Crippen molar-refractivity contribution in [1.29, 1.82) is 0 Å². The van der Waals surface area contributed by atoms with E-state index in [1.54, 1.807) is 24.0 Å². The molecule has 1 amide bonds. The number of aryl methyl sites for hydroxylation is 1. The van der Waals surface area contributed by atoms with Crippen LogP contribution in [-0.2, 0) is 16.0 Å². The minimum Gasteiger partial charge on any atom is -0.481 e. The van der Waals surface area contributed by atoms with Gasteiger partial charge in [0, 0.05) is 19.0 Å². The molecule has 1 N–H and O–H groups in total. The van der Waals surface area contributed by atoms with E-state index in [9.17, 15) is 23.5 Å². The minimum atomic E-state index is -2.86. The number of halogens is 2. The fourth-order valence-corrected chi connectivity index (χ4v) is 3.06. The van der Waals surface area contributed by atoms with Crippen LogP contribution >= 0.6 is 0 Å². The lowest BCUT2D eigenvalue weighted by atomic mass is 9.90. The average molecular weight is 341 g/mol. The molecule has 1 aromatic carbocycles. The van der Waals surface area contributed by atoms with Crippen LogP contribution in [0.4, 0.5) is 8.78 Å². The molecule has 1 aliphatic rings. The third kappa shape index (κ3) is 4.66. The molecule has 132 valence electrons. The van der Waals surface area contributed by atoms with Crippen LogP contribution in [-0.4, -0.2) is 41.1 Å². The minimum absolute atomic E-state index is 0.0778. The quantitative estimate of drug-likeness (QED) is 0.864. The molecule has 2 atom stereocenters. The van der Waals surface area contributed by atoms with Gasteiger partial charge in [0.25, 0.3) is 0 Å². The molecular weight excluding hydrogens is 320 g/mol. The van der Waals surface area contributed by atoms with Crippen molar-refractivity contribution in [2.75, 3.05) is 6.54 Å². The van der Waals surface area contributed by atoms with Crippen molar-refractivity contribution in [1.82, 2.24) is 4.90 Å². The molecule has 0 aliphatic carbocycles. The lowest BCUT2D eigenvalue weighted by Crippen LogP contribution is -2.49. The molecule has 0 spiro atoms. The maximum absolute atomic E-state index is 12.4. The summed E-state index contributed by atoms with van der Waals surface area (Å²) in [7, 11) is 0. The summed E-state index contributed by atoms with van der Waals surface area (Å²) in [6.07, 6.45) is 2.00. The van der Waals surface area contributed by atoms with E-state index < -0.39 is 18.5 Å². The zero-order valence-corrected chi connectivity index (χ0v) is 13.5. The fraction of sp³-hybridized carbons (Fsp3) is 0.529. The number of ether oxygens (including phenoxy) is 1. The van der Waals surface area contributed by atoms with E-state index in [0.717, 1.165) is 5.56 Å². The van der Waals surface area contributed by atoms with Crippen molar-refractivity contribution in [3.8, 4) is 5.75 Å². The molecule has 0 unspecified atom stereocenters. The highest BCUT2D eigenvalue weighted by Crippen LogP contribution is 2.25. The van der Waals surface area contributed by atoms with Crippen molar-refractivity contribution in [3.05, 3.63) is 29.8 Å². The summed E-state index contributed by atoms with van der Waals surface area (Å²) < 4.78 is 28.5. The Labute approximate surface area is 139 Å². The zero-order chi connectivity index (χ0) is 17.7. The lowest BCUT2D eigenvalue weighted by molar-refractivity contribution is -0.149. The first-order valence-electron chi connectivity index (χ1n) is 7.94. The number of carboxylic acids is 1. The SMILES string of the molecule is C[C@@H]1[C@H](C(=O)O)CCCN1C(=O)CCc1ccc(OC(F)F)cc1. The first-order valence-corrected chi connectivity index (χ1v) is 7.94. The molecule has 24 heavy (non-hydrogen) atoms. The zero-order valence-electron chi connectivity index (χ0n) is 13.5. The first-order chi connectivity index (χ1) is 11.4. The van der Waals surface area contributed by atoms with E-state index in [2.05, 4.69) is 4.74 Å². The number of carbonyl (C=O) groups is 2. The van der Waals surface area contributed by atoms with Gasteiger partial charge in [-0.3, -0.25) is 9.59 Å². The summed E-state index contributed by atoms with van der Waals surface area (Å²) >= 11 is 0. The third-order valence-electron chi connectivity index (χ3n) is 4.40. The molecular formula is C17H21F2NO4. The van der Waals surface area contributed by atoms with Gasteiger partial charge < -0.3 is 14.7 Å². The summed E-state index contributed by atoms with van der Waals surface area (Å²) in [5, 5.41) is 9.20. The second kappa shape index (κ2) is 8.08. The second-order valence-electron chi connectivity index (χ2n) is 5.94. The van der Waals surface area contributed by atoms with Crippen LogP contribution in [0.5, 0.6) is 5.75 Å². The highest BCUT2D eigenvalue weighted by atomic mass is 19.3. The Hall–Kier alpha value is -2.18. The second-order valence-corrected chi connectivity index (χ2v) is 5.94. The summed E-state index contributed by atoms with van der Waals surface area (Å²) in [6, 6.07) is 5.85. The van der Waals surface area contributed by atoms with Gasteiger partial charge in [-0.05, 0) is 43.9 Å². The van der Waals surface area contributed by atoms with E-state index in [0.29, 0.717) is 25.8 Å². The van der Waals surface area contributed by atoms with Crippen LogP contribution in [0, 0.1) is 5.92 Å². The largest absolute Gasteiger partial charge is 0.481 e. The van der Waals surface area contributed by atoms with Gasteiger partial charge in [-0.2, -0.15) is 8.78 Å². The van der Waals surface area contributed by atoms with Gasteiger partial charge >= 0.3 is 12.6 Å². The third-order valence-corrected chi connectivity index (χ3v) is 4.40. The van der Waals surface area contributed by atoms with Crippen LogP contribution in [0.25, 0.3) is 0 Å². The summed E-state index contributed by atoms with van der Waals surface area (Å²) in [5.41, 5.74) is 0.837. The molecule has 1 aromatic rings. The Morgan fingerprint density at radius 3 is 2.58 bits per heavy atom. The fourth-order valence-electron chi connectivity index (χ4n) is 3.06. The number of hydrogen-bond acceptors (Lipinski definition) is 3. The topological polar surface area (TPSA) is 66.8 Å². The van der Waals surface area contributed by atoms with Crippen LogP contribution in [0.1, 0.15) is 31.7 Å². The van der Waals surface area contributed by atoms with Gasteiger partial charge in [-0.1, -0.05) is 12.1 Å². The van der Waals surface area contributed by atoms with Gasteiger partial charge in [-0.15, -0.1) is 0 Å². The number of likely N-dealkylation sites (tertiary alicyclic amines) is 1. The summed E-state index contributed by atoms with van der Waals surface area (Å²) in [5.74, 6) is -1.39. The van der Waals surface area contributed by atoms with E-state index in [4.69, 9.17) is 0 Å². The highest BCUT2D eigenvalue weighted by Gasteiger charge is 2.34. The number of benzene rings is 1. The molecule has 5 nitrogen and oxygen atoms in total. The Morgan fingerprint density at radius 1 is 1.33 bits per heavy atom. The number of amides is 1. The Bertz CT molecular complexity index is 576. The average Bonchev–Trinajstić information content (AvgIpc) is 2.53. The number of piperidine rings is 1. The van der Waals surface area contributed by atoms with Crippen molar-refractivity contribution in [2.24, 2.45) is 5.92 Å². The van der Waals surface area contributed by atoms with Gasteiger partial charge in [-0.25, -0.2) is 0 Å². The van der Waals surface area contributed by atoms with Gasteiger partial charge in [0.05, 0.1) is 5.92 Å². The van der Waals surface area contributed by atoms with Crippen LogP contribution in [0.3, 0.4) is 0 Å². The standard InChI is InChI=1S/C17H21F2NO4/c1-11-14(16(22)23)3-2-10-20(11)15(21)9-6-12-4-7-13(8-5-12)24-17(18)19/h4-5,7-8,11,14,17H,2-3,6,9-10H2,1H3,(H,22,23)/t11-,14-/m1/s1. The van der Waals surface area contributed by atoms with Crippen molar-refractivity contribution < 1.29 is 28.2 Å². The van der Waals surface area contributed by atoms with Gasteiger partial charge in [0.15, 0.2) is 0 Å². The summed E-state index contributed by atoms with van der Waals surface area (Å²) in [6.45, 7) is -0.516. The maximum atomic E-state index is 12.4. The maximum Gasteiger partial charge on any atom is 0.387 e. The number of nitrogens with zero attached hydrogens (tertiary/aromatic N) is 1. The predicted molar refractivity (Wildman–Crippen MR) is 82.9 cm³/mol. The predicted octanol–water partition coefficient (Wildman–Crippen LogP) is 2.93. The number of carbonyl (C=O) groups excluding carboxylic acids is 1. The molecule has 7 heteroatoms. The number of hydrogen-bond donors (Lipinski definition) is 1. The van der Waals surface area contributed by atoms with Crippen LogP contribution in [0.15, 0.2) is 24.3 Å². The normalized spacial score (nSPS) is 20.9. The highest BCUT2D eigenvalue weighted by molar-refractivity contribution is 5.79. The van der Waals surface area contributed by atoms with E-state index >= 15 is 0 Å². The molecule has 1 fully saturated rings. The summed E-state index contributed by atoms with van der Waals surface area (Å²) in [4.78, 5) is 25.2. The molecule has 0 aromatic heterocycles. The lowest BCUT2D eigenvalue weighted by Gasteiger charge is -2.37. The first kappa shape index (κ1) is 18.2. The van der Waals surface area contributed by atoms with Gasteiger partial charge in [0.2, 0.25) is 5.91 Å². The van der Waals surface area contributed by atoms with Crippen molar-refractivity contribution >= 4 is 11.9 Å². The number of rotatable bonds is 6. The smallest absolute Gasteiger partial charge is 0.387 e.